The van der Waals surface area contributed by atoms with Crippen molar-refractivity contribution in [3.63, 3.8) is 0 Å². The number of ether oxygens (including phenoxy) is 1. The molecular formula is C13H22N4O2. The Morgan fingerprint density at radius 2 is 2.42 bits per heavy atom. The van der Waals surface area contributed by atoms with E-state index in [1.807, 2.05) is 6.92 Å². The van der Waals surface area contributed by atoms with Gasteiger partial charge in [0, 0.05) is 25.8 Å². The molecule has 3 N–H and O–H groups in total. The van der Waals surface area contributed by atoms with E-state index in [0.29, 0.717) is 37.2 Å². The molecule has 0 saturated heterocycles. The number of nitrogens with two attached hydrogens (primary N) is 1. The van der Waals surface area contributed by atoms with Gasteiger partial charge in [0.25, 0.3) is 0 Å². The van der Waals surface area contributed by atoms with Gasteiger partial charge in [-0.05, 0) is 25.7 Å². The molecule has 6 heteroatoms. The van der Waals surface area contributed by atoms with Crippen molar-refractivity contribution >= 4 is 11.6 Å². The number of nitrogens with one attached hydrogen (secondary N) is 1. The molecule has 1 aromatic rings. The third kappa shape index (κ3) is 4.24. The van der Waals surface area contributed by atoms with Crippen LogP contribution >= 0.6 is 0 Å². The molecular weight excluding hydrogens is 244 g/mol. The SMILES string of the molecule is CCOC1CC(CC(=O)NCCn2cc(N)cn2)C1. The van der Waals surface area contributed by atoms with Crippen LogP contribution in [0, 0.1) is 5.92 Å². The lowest BCUT2D eigenvalue weighted by atomic mass is 9.80. The van der Waals surface area contributed by atoms with Crippen molar-refractivity contribution < 1.29 is 9.53 Å². The maximum Gasteiger partial charge on any atom is 0.220 e. The fourth-order valence-electron chi connectivity index (χ4n) is 2.36. The third-order valence-electron chi connectivity index (χ3n) is 3.39. The second kappa shape index (κ2) is 6.56. The number of hydrogen-bond acceptors (Lipinski definition) is 4. The van der Waals surface area contributed by atoms with Gasteiger partial charge in [0.15, 0.2) is 0 Å². The molecule has 1 aromatic heterocycles. The predicted molar refractivity (Wildman–Crippen MR) is 72.4 cm³/mol. The number of aromatic nitrogens is 2. The van der Waals surface area contributed by atoms with Crippen LogP contribution in [0.4, 0.5) is 5.69 Å². The topological polar surface area (TPSA) is 82.2 Å². The minimum Gasteiger partial charge on any atom is -0.396 e. The first kappa shape index (κ1) is 13.9. The number of nitrogens with zero attached hydrogens (tertiary/aromatic N) is 2. The lowest BCUT2D eigenvalue weighted by Gasteiger charge is -2.34. The summed E-state index contributed by atoms with van der Waals surface area (Å²) in [5.74, 6) is 0.594. The molecule has 1 aliphatic carbocycles. The van der Waals surface area contributed by atoms with E-state index < -0.39 is 0 Å². The Kier molecular flexibility index (Phi) is 4.79. The van der Waals surface area contributed by atoms with Gasteiger partial charge in [-0.3, -0.25) is 9.48 Å². The number of carbonyl (C=O) groups excluding carboxylic acids is 1. The Morgan fingerprint density at radius 1 is 1.63 bits per heavy atom. The fraction of sp³-hybridized carbons (Fsp3) is 0.692. The Balaban J connectivity index is 1.56. The van der Waals surface area contributed by atoms with Crippen molar-refractivity contribution in [2.75, 3.05) is 18.9 Å². The van der Waals surface area contributed by atoms with E-state index >= 15 is 0 Å². The molecule has 1 heterocycles. The van der Waals surface area contributed by atoms with Gasteiger partial charge in [0.1, 0.15) is 0 Å². The molecule has 0 bridgehead atoms. The number of rotatable bonds is 7. The van der Waals surface area contributed by atoms with Crippen LogP contribution in [0.3, 0.4) is 0 Å². The number of amides is 1. The molecule has 1 fully saturated rings. The van der Waals surface area contributed by atoms with E-state index in [9.17, 15) is 4.79 Å². The Labute approximate surface area is 113 Å². The number of carbonyl (C=O) groups is 1. The van der Waals surface area contributed by atoms with Crippen molar-refractivity contribution in [3.05, 3.63) is 12.4 Å². The van der Waals surface area contributed by atoms with Gasteiger partial charge in [-0.15, -0.1) is 0 Å². The highest BCUT2D eigenvalue weighted by molar-refractivity contribution is 5.76. The molecule has 0 radical (unpaired) electrons. The molecule has 106 valence electrons. The quantitative estimate of drug-likeness (QED) is 0.764. The van der Waals surface area contributed by atoms with Crippen LogP contribution in [0.1, 0.15) is 26.2 Å². The van der Waals surface area contributed by atoms with Crippen LogP contribution in [0.25, 0.3) is 0 Å². The summed E-state index contributed by atoms with van der Waals surface area (Å²) in [7, 11) is 0. The van der Waals surface area contributed by atoms with Crippen LogP contribution in [-0.2, 0) is 16.1 Å². The molecule has 2 rings (SSSR count). The normalized spacial score (nSPS) is 21.9. The molecule has 1 saturated carbocycles. The number of hydrogen-bond donors (Lipinski definition) is 2. The van der Waals surface area contributed by atoms with Crippen LogP contribution in [-0.4, -0.2) is 34.9 Å². The van der Waals surface area contributed by atoms with Crippen molar-refractivity contribution in [2.45, 2.75) is 38.8 Å². The van der Waals surface area contributed by atoms with E-state index in [-0.39, 0.29) is 5.91 Å². The van der Waals surface area contributed by atoms with Crippen LogP contribution in [0.15, 0.2) is 12.4 Å². The molecule has 0 aromatic carbocycles. The van der Waals surface area contributed by atoms with E-state index in [1.54, 1.807) is 17.1 Å². The van der Waals surface area contributed by atoms with Gasteiger partial charge in [-0.2, -0.15) is 5.10 Å². The summed E-state index contributed by atoms with van der Waals surface area (Å²) in [6.45, 7) is 4.00. The zero-order valence-electron chi connectivity index (χ0n) is 11.3. The smallest absolute Gasteiger partial charge is 0.220 e. The summed E-state index contributed by atoms with van der Waals surface area (Å²) in [4.78, 5) is 11.7. The van der Waals surface area contributed by atoms with Crippen LogP contribution in [0.5, 0.6) is 0 Å². The molecule has 6 nitrogen and oxygen atoms in total. The molecule has 0 aliphatic heterocycles. The van der Waals surface area contributed by atoms with Gasteiger partial charge in [0.2, 0.25) is 5.91 Å². The van der Waals surface area contributed by atoms with Gasteiger partial charge in [-0.1, -0.05) is 0 Å². The van der Waals surface area contributed by atoms with Crippen molar-refractivity contribution in [1.29, 1.82) is 0 Å². The summed E-state index contributed by atoms with van der Waals surface area (Å²) in [6.07, 6.45) is 6.35. The largest absolute Gasteiger partial charge is 0.396 e. The molecule has 19 heavy (non-hydrogen) atoms. The van der Waals surface area contributed by atoms with E-state index in [0.717, 1.165) is 19.4 Å². The molecule has 0 atom stereocenters. The molecule has 1 aliphatic rings. The zero-order valence-corrected chi connectivity index (χ0v) is 11.3. The van der Waals surface area contributed by atoms with E-state index in [4.69, 9.17) is 10.5 Å². The summed E-state index contributed by atoms with van der Waals surface area (Å²) in [5.41, 5.74) is 6.20. The Bertz CT molecular complexity index is 413. The van der Waals surface area contributed by atoms with Gasteiger partial charge >= 0.3 is 0 Å². The van der Waals surface area contributed by atoms with Crippen LogP contribution < -0.4 is 11.1 Å². The average Bonchev–Trinajstić information content (AvgIpc) is 2.72. The lowest BCUT2D eigenvalue weighted by molar-refractivity contribution is -0.124. The molecule has 1 amide bonds. The highest BCUT2D eigenvalue weighted by Crippen LogP contribution is 2.32. The van der Waals surface area contributed by atoms with E-state index in [2.05, 4.69) is 10.4 Å². The monoisotopic (exact) mass is 266 g/mol. The van der Waals surface area contributed by atoms with Gasteiger partial charge < -0.3 is 15.8 Å². The molecule has 0 unspecified atom stereocenters. The number of anilines is 1. The second-order valence-corrected chi connectivity index (χ2v) is 5.01. The standard InChI is InChI=1S/C13H22N4O2/c1-2-19-12-5-10(6-12)7-13(18)15-3-4-17-9-11(14)8-16-17/h8-10,12H,2-7,14H2,1H3,(H,15,18). The zero-order chi connectivity index (χ0) is 13.7. The van der Waals surface area contributed by atoms with Crippen LogP contribution in [0.2, 0.25) is 0 Å². The first-order valence-corrected chi connectivity index (χ1v) is 6.83. The van der Waals surface area contributed by atoms with Crippen molar-refractivity contribution in [3.8, 4) is 0 Å². The highest BCUT2D eigenvalue weighted by atomic mass is 16.5. The second-order valence-electron chi connectivity index (χ2n) is 5.01. The van der Waals surface area contributed by atoms with Gasteiger partial charge in [-0.25, -0.2) is 0 Å². The minimum absolute atomic E-state index is 0.111. The maximum absolute atomic E-state index is 11.7. The predicted octanol–water partition coefficient (Wildman–Crippen LogP) is 0.787. The summed E-state index contributed by atoms with van der Waals surface area (Å²) in [6, 6.07) is 0. The summed E-state index contributed by atoms with van der Waals surface area (Å²) >= 11 is 0. The lowest BCUT2D eigenvalue weighted by Crippen LogP contribution is -2.36. The fourth-order valence-corrected chi connectivity index (χ4v) is 2.36. The Morgan fingerprint density at radius 3 is 3.05 bits per heavy atom. The third-order valence-corrected chi connectivity index (χ3v) is 3.39. The first-order valence-electron chi connectivity index (χ1n) is 6.83. The number of nitrogen functional groups attached to an aromatic ring is 1. The summed E-state index contributed by atoms with van der Waals surface area (Å²) in [5, 5.41) is 6.96. The van der Waals surface area contributed by atoms with E-state index in [1.165, 1.54) is 0 Å². The molecule has 0 spiro atoms. The first-order chi connectivity index (χ1) is 9.17. The maximum atomic E-state index is 11.7. The van der Waals surface area contributed by atoms with Crippen molar-refractivity contribution in [1.82, 2.24) is 15.1 Å². The minimum atomic E-state index is 0.111. The Hall–Kier alpha value is -1.56. The average molecular weight is 266 g/mol. The highest BCUT2D eigenvalue weighted by Gasteiger charge is 2.30. The van der Waals surface area contributed by atoms with Crippen molar-refractivity contribution in [2.24, 2.45) is 5.92 Å². The summed E-state index contributed by atoms with van der Waals surface area (Å²) < 4.78 is 7.20. The van der Waals surface area contributed by atoms with Gasteiger partial charge in [0.05, 0.1) is 24.5 Å².